The van der Waals surface area contributed by atoms with E-state index in [2.05, 4.69) is 17.2 Å². The standard InChI is InChI=1S/C17H20FN3/c1-11-4-2-3-7-21-17(13-9-20-10-13)16(11)12-5-6-15(19)14(18)8-12/h5-8,20H,2-4,9-10,19H2,1H3. The topological polar surface area (TPSA) is 50.4 Å². The normalized spacial score (nSPS) is 19.3. The number of nitrogens with two attached hydrogens (primary N) is 1. The van der Waals surface area contributed by atoms with Crippen LogP contribution in [0, 0.1) is 5.82 Å². The van der Waals surface area contributed by atoms with Crippen LogP contribution in [0.5, 0.6) is 0 Å². The third-order valence-corrected chi connectivity index (χ3v) is 4.07. The van der Waals surface area contributed by atoms with Gasteiger partial charge in [-0.3, -0.25) is 4.99 Å². The van der Waals surface area contributed by atoms with E-state index in [-0.39, 0.29) is 11.5 Å². The number of rotatable bonds is 1. The molecule has 0 saturated carbocycles. The zero-order valence-electron chi connectivity index (χ0n) is 12.2. The summed E-state index contributed by atoms with van der Waals surface area (Å²) in [4.78, 5) is 4.67. The number of nitrogens with one attached hydrogen (secondary N) is 1. The summed E-state index contributed by atoms with van der Waals surface area (Å²) in [7, 11) is 0. The summed E-state index contributed by atoms with van der Waals surface area (Å²) in [6, 6.07) is 5.05. The van der Waals surface area contributed by atoms with Crippen LogP contribution in [0.1, 0.15) is 31.7 Å². The van der Waals surface area contributed by atoms with Gasteiger partial charge in [-0.1, -0.05) is 11.6 Å². The van der Waals surface area contributed by atoms with Gasteiger partial charge in [-0.2, -0.15) is 0 Å². The first kappa shape index (κ1) is 14.0. The van der Waals surface area contributed by atoms with Crippen molar-refractivity contribution in [2.45, 2.75) is 26.2 Å². The first-order valence-electron chi connectivity index (χ1n) is 7.37. The molecule has 1 aromatic carbocycles. The molecule has 0 amide bonds. The molecule has 1 aromatic rings. The monoisotopic (exact) mass is 285 g/mol. The number of nitrogens with zero attached hydrogens (tertiary/aromatic N) is 1. The summed E-state index contributed by atoms with van der Waals surface area (Å²) < 4.78 is 13.9. The van der Waals surface area contributed by atoms with Crippen LogP contribution in [0.15, 0.2) is 40.0 Å². The lowest BCUT2D eigenvalue weighted by molar-refractivity contribution is 0.632. The van der Waals surface area contributed by atoms with Gasteiger partial charge >= 0.3 is 0 Å². The van der Waals surface area contributed by atoms with Gasteiger partial charge in [0, 0.05) is 24.9 Å². The summed E-state index contributed by atoms with van der Waals surface area (Å²) >= 11 is 0. The van der Waals surface area contributed by atoms with Crippen molar-refractivity contribution in [2.75, 3.05) is 18.8 Å². The number of anilines is 1. The number of hydrogen-bond donors (Lipinski definition) is 2. The predicted octanol–water partition coefficient (Wildman–Crippen LogP) is 3.29. The number of aliphatic imine (C=N–C) groups is 1. The molecule has 1 saturated heterocycles. The summed E-state index contributed by atoms with van der Waals surface area (Å²) in [5.41, 5.74) is 11.3. The van der Waals surface area contributed by atoms with Gasteiger partial charge in [0.2, 0.25) is 0 Å². The van der Waals surface area contributed by atoms with Crippen LogP contribution in [0.2, 0.25) is 0 Å². The van der Waals surface area contributed by atoms with E-state index in [0.717, 1.165) is 49.2 Å². The Morgan fingerprint density at radius 3 is 2.76 bits per heavy atom. The molecule has 0 aliphatic carbocycles. The van der Waals surface area contributed by atoms with E-state index in [9.17, 15) is 4.39 Å². The van der Waals surface area contributed by atoms with Crippen LogP contribution < -0.4 is 11.1 Å². The fourth-order valence-electron chi connectivity index (χ4n) is 2.76. The molecular formula is C17H20FN3. The molecule has 3 rings (SSSR count). The highest BCUT2D eigenvalue weighted by atomic mass is 19.1. The lowest BCUT2D eigenvalue weighted by atomic mass is 9.90. The molecule has 0 spiro atoms. The van der Waals surface area contributed by atoms with Gasteiger partial charge < -0.3 is 11.1 Å². The van der Waals surface area contributed by atoms with Gasteiger partial charge in [0.15, 0.2) is 0 Å². The van der Waals surface area contributed by atoms with Gasteiger partial charge in [-0.25, -0.2) is 4.39 Å². The second-order valence-electron chi connectivity index (χ2n) is 5.65. The molecule has 4 heteroatoms. The second-order valence-corrected chi connectivity index (χ2v) is 5.65. The molecule has 0 atom stereocenters. The summed E-state index contributed by atoms with van der Waals surface area (Å²) in [5, 5.41) is 3.25. The smallest absolute Gasteiger partial charge is 0.146 e. The van der Waals surface area contributed by atoms with Crippen LogP contribution >= 0.6 is 0 Å². The fraction of sp³-hybridized carbons (Fsp3) is 0.353. The molecule has 2 aliphatic heterocycles. The maximum Gasteiger partial charge on any atom is 0.146 e. The lowest BCUT2D eigenvalue weighted by Gasteiger charge is -2.25. The van der Waals surface area contributed by atoms with E-state index in [4.69, 9.17) is 5.73 Å². The number of hydrogen-bond acceptors (Lipinski definition) is 3. The van der Waals surface area contributed by atoms with Crippen molar-refractivity contribution in [3.8, 4) is 0 Å². The van der Waals surface area contributed by atoms with Crippen LogP contribution in [-0.2, 0) is 0 Å². The minimum Gasteiger partial charge on any atom is -0.396 e. The lowest BCUT2D eigenvalue weighted by Crippen LogP contribution is -2.35. The average molecular weight is 285 g/mol. The van der Waals surface area contributed by atoms with Crippen molar-refractivity contribution in [1.82, 2.24) is 5.32 Å². The Morgan fingerprint density at radius 1 is 1.29 bits per heavy atom. The third kappa shape index (κ3) is 2.76. The molecule has 0 unspecified atom stereocenters. The highest BCUT2D eigenvalue weighted by Gasteiger charge is 2.21. The van der Waals surface area contributed by atoms with Crippen molar-refractivity contribution >= 4 is 17.5 Å². The van der Waals surface area contributed by atoms with E-state index in [1.807, 2.05) is 12.3 Å². The Bertz CT molecular complexity index is 650. The van der Waals surface area contributed by atoms with Gasteiger partial charge in [0.1, 0.15) is 5.82 Å². The van der Waals surface area contributed by atoms with Crippen LogP contribution in [-0.4, -0.2) is 19.3 Å². The van der Waals surface area contributed by atoms with Crippen LogP contribution in [0.3, 0.4) is 0 Å². The van der Waals surface area contributed by atoms with Gasteiger partial charge in [-0.15, -0.1) is 0 Å². The third-order valence-electron chi connectivity index (χ3n) is 4.07. The molecule has 2 aliphatic rings. The Hall–Kier alpha value is -1.94. The van der Waals surface area contributed by atoms with Gasteiger partial charge in [-0.05, 0) is 49.5 Å². The van der Waals surface area contributed by atoms with E-state index >= 15 is 0 Å². The van der Waals surface area contributed by atoms with Crippen molar-refractivity contribution in [3.05, 3.63) is 46.4 Å². The fourth-order valence-corrected chi connectivity index (χ4v) is 2.76. The Balaban J connectivity index is 2.15. The summed E-state index contributed by atoms with van der Waals surface area (Å²) in [5.74, 6) is -0.366. The zero-order chi connectivity index (χ0) is 14.8. The molecule has 110 valence electrons. The van der Waals surface area contributed by atoms with Crippen molar-refractivity contribution < 1.29 is 4.39 Å². The zero-order valence-corrected chi connectivity index (χ0v) is 12.2. The quantitative estimate of drug-likeness (QED) is 0.778. The van der Waals surface area contributed by atoms with Crippen molar-refractivity contribution in [1.29, 1.82) is 0 Å². The predicted molar refractivity (Wildman–Crippen MR) is 85.6 cm³/mol. The number of nitrogen functional groups attached to an aromatic ring is 1. The van der Waals surface area contributed by atoms with Crippen molar-refractivity contribution in [2.24, 2.45) is 4.99 Å². The van der Waals surface area contributed by atoms with Crippen LogP contribution in [0.4, 0.5) is 10.1 Å². The maximum atomic E-state index is 13.9. The molecular weight excluding hydrogens is 265 g/mol. The Kier molecular flexibility index (Phi) is 3.88. The Morgan fingerprint density at radius 2 is 2.10 bits per heavy atom. The summed E-state index contributed by atoms with van der Waals surface area (Å²) in [6.07, 6.45) is 5.07. The largest absolute Gasteiger partial charge is 0.396 e. The SMILES string of the molecule is CC1=C(c2ccc(N)c(F)c2)C(=C2CNC2)N=CCCC1. The molecule has 21 heavy (non-hydrogen) atoms. The molecule has 0 aromatic heterocycles. The molecule has 1 fully saturated rings. The van der Waals surface area contributed by atoms with Crippen LogP contribution in [0.25, 0.3) is 5.57 Å². The van der Waals surface area contributed by atoms with E-state index in [1.54, 1.807) is 6.07 Å². The number of allylic oxidation sites excluding steroid dienone is 2. The second kappa shape index (κ2) is 5.82. The maximum absolute atomic E-state index is 13.9. The minimum atomic E-state index is -0.366. The Labute approximate surface area is 124 Å². The average Bonchev–Trinajstić information content (AvgIpc) is 2.38. The molecule has 0 radical (unpaired) electrons. The van der Waals surface area contributed by atoms with E-state index in [1.165, 1.54) is 17.2 Å². The minimum absolute atomic E-state index is 0.186. The van der Waals surface area contributed by atoms with Crippen molar-refractivity contribution in [3.63, 3.8) is 0 Å². The molecule has 2 heterocycles. The first-order valence-corrected chi connectivity index (χ1v) is 7.37. The highest BCUT2D eigenvalue weighted by molar-refractivity contribution is 5.85. The highest BCUT2D eigenvalue weighted by Crippen LogP contribution is 2.34. The number of halogens is 1. The van der Waals surface area contributed by atoms with E-state index < -0.39 is 0 Å². The molecule has 3 N–H and O–H groups in total. The molecule has 3 nitrogen and oxygen atoms in total. The molecule has 0 bridgehead atoms. The van der Waals surface area contributed by atoms with E-state index in [0.29, 0.717) is 0 Å². The number of benzene rings is 1. The van der Waals surface area contributed by atoms with Gasteiger partial charge in [0.05, 0.1) is 11.4 Å². The summed E-state index contributed by atoms with van der Waals surface area (Å²) in [6.45, 7) is 3.85. The first-order chi connectivity index (χ1) is 10.2. The van der Waals surface area contributed by atoms with Gasteiger partial charge in [0.25, 0.3) is 0 Å².